The molecule has 0 saturated carbocycles. The molecule has 0 fully saturated rings. The maximum absolute atomic E-state index is 10.2. The molecule has 0 atom stereocenters. The Balaban J connectivity index is 4.67. The number of hydrogen-bond donors (Lipinski definition) is 4. The quantitative estimate of drug-likeness (QED) is 0.308. The van der Waals surface area contributed by atoms with E-state index in [2.05, 4.69) is 11.5 Å². The largest absolute Gasteiger partial charge is 0.392 e. The SMILES string of the molecule is NC(=O)/C(N)=C(\N)C(N)=O. The Morgan fingerprint density at radius 2 is 0.900 bits per heavy atom. The number of carbonyl (C=O) groups excluding carboxylic acids is 2. The van der Waals surface area contributed by atoms with Crippen molar-refractivity contribution in [1.29, 1.82) is 0 Å². The van der Waals surface area contributed by atoms with Crippen LogP contribution in [0.5, 0.6) is 0 Å². The summed E-state index contributed by atoms with van der Waals surface area (Å²) >= 11 is 0. The average molecular weight is 144 g/mol. The van der Waals surface area contributed by atoms with E-state index >= 15 is 0 Å². The van der Waals surface area contributed by atoms with Gasteiger partial charge in [0.05, 0.1) is 0 Å². The lowest BCUT2D eigenvalue weighted by molar-refractivity contribution is -0.117. The monoisotopic (exact) mass is 144 g/mol. The van der Waals surface area contributed by atoms with Crippen molar-refractivity contribution in [2.75, 3.05) is 0 Å². The zero-order valence-electron chi connectivity index (χ0n) is 5.13. The van der Waals surface area contributed by atoms with Crippen LogP contribution in [0, 0.1) is 0 Å². The first-order chi connectivity index (χ1) is 4.46. The second kappa shape index (κ2) is 2.72. The first-order valence-corrected chi connectivity index (χ1v) is 2.31. The minimum Gasteiger partial charge on any atom is -0.392 e. The molecule has 56 valence electrons. The molecule has 0 unspecified atom stereocenters. The minimum absolute atomic E-state index is 0.507. The molecule has 0 aliphatic carbocycles. The second-order valence-corrected chi connectivity index (χ2v) is 1.56. The van der Waals surface area contributed by atoms with E-state index in [1.807, 2.05) is 0 Å². The lowest BCUT2D eigenvalue weighted by atomic mass is 10.3. The van der Waals surface area contributed by atoms with Gasteiger partial charge in [-0.2, -0.15) is 0 Å². The summed E-state index contributed by atoms with van der Waals surface area (Å²) in [6.07, 6.45) is 0. The number of rotatable bonds is 2. The van der Waals surface area contributed by atoms with Crippen molar-refractivity contribution in [3.63, 3.8) is 0 Å². The molecule has 0 heterocycles. The fourth-order valence-electron chi connectivity index (χ4n) is 0.265. The van der Waals surface area contributed by atoms with Crippen molar-refractivity contribution < 1.29 is 9.59 Å². The first-order valence-electron chi connectivity index (χ1n) is 2.31. The summed E-state index contributed by atoms with van der Waals surface area (Å²) in [4.78, 5) is 20.4. The van der Waals surface area contributed by atoms with Gasteiger partial charge in [-0.3, -0.25) is 9.59 Å². The molecule has 0 aromatic carbocycles. The Kier molecular flexibility index (Phi) is 2.25. The van der Waals surface area contributed by atoms with Crippen molar-refractivity contribution in [3.8, 4) is 0 Å². The maximum atomic E-state index is 10.2. The van der Waals surface area contributed by atoms with Crippen LogP contribution in [0.2, 0.25) is 0 Å². The number of nitrogens with two attached hydrogens (primary N) is 4. The lowest BCUT2D eigenvalue weighted by Gasteiger charge is -1.97. The Morgan fingerprint density at radius 3 is 1.00 bits per heavy atom. The smallest absolute Gasteiger partial charge is 0.266 e. The van der Waals surface area contributed by atoms with Gasteiger partial charge >= 0.3 is 0 Å². The van der Waals surface area contributed by atoms with Crippen LogP contribution in [0.4, 0.5) is 0 Å². The van der Waals surface area contributed by atoms with Gasteiger partial charge in [0.25, 0.3) is 11.8 Å². The molecular weight excluding hydrogens is 136 g/mol. The van der Waals surface area contributed by atoms with Gasteiger partial charge in [0, 0.05) is 0 Å². The number of primary amides is 2. The fraction of sp³-hybridized carbons (Fsp3) is 0. The van der Waals surface area contributed by atoms with Crippen molar-refractivity contribution in [3.05, 3.63) is 11.4 Å². The Labute approximate surface area is 56.8 Å². The summed E-state index contributed by atoms with van der Waals surface area (Å²) in [6.45, 7) is 0. The second-order valence-electron chi connectivity index (χ2n) is 1.56. The molecule has 0 aromatic heterocycles. The van der Waals surface area contributed by atoms with Crippen LogP contribution in [-0.2, 0) is 9.59 Å². The van der Waals surface area contributed by atoms with E-state index in [9.17, 15) is 9.59 Å². The van der Waals surface area contributed by atoms with E-state index in [0.717, 1.165) is 0 Å². The highest BCUT2D eigenvalue weighted by Gasteiger charge is 2.08. The molecule has 0 rings (SSSR count). The third-order valence-corrected chi connectivity index (χ3v) is 0.821. The predicted molar refractivity (Wildman–Crippen MR) is 33.8 cm³/mol. The highest BCUT2D eigenvalue weighted by molar-refractivity contribution is 6.02. The minimum atomic E-state index is -0.962. The van der Waals surface area contributed by atoms with Gasteiger partial charge in [-0.25, -0.2) is 0 Å². The highest BCUT2D eigenvalue weighted by atomic mass is 16.2. The number of amides is 2. The van der Waals surface area contributed by atoms with Crippen LogP contribution < -0.4 is 22.9 Å². The molecule has 0 spiro atoms. The van der Waals surface area contributed by atoms with Gasteiger partial charge in [0.1, 0.15) is 11.4 Å². The van der Waals surface area contributed by atoms with Gasteiger partial charge in [-0.15, -0.1) is 0 Å². The summed E-state index contributed by atoms with van der Waals surface area (Å²) in [5.41, 5.74) is 18.2. The third kappa shape index (κ3) is 1.66. The summed E-state index contributed by atoms with van der Waals surface area (Å²) in [7, 11) is 0. The lowest BCUT2D eigenvalue weighted by Crippen LogP contribution is -2.31. The number of carbonyl (C=O) groups is 2. The molecule has 0 aliphatic rings. The van der Waals surface area contributed by atoms with E-state index in [1.165, 1.54) is 0 Å². The molecule has 6 nitrogen and oxygen atoms in total. The summed E-state index contributed by atoms with van der Waals surface area (Å²) in [5, 5.41) is 0. The molecule has 0 aromatic rings. The van der Waals surface area contributed by atoms with Gasteiger partial charge in [-0.1, -0.05) is 0 Å². The normalized spacial score (nSPS) is 12.0. The summed E-state index contributed by atoms with van der Waals surface area (Å²) < 4.78 is 0. The van der Waals surface area contributed by atoms with Crippen LogP contribution in [0.1, 0.15) is 0 Å². The average Bonchev–Trinajstić information content (AvgIpc) is 1.84. The van der Waals surface area contributed by atoms with Gasteiger partial charge < -0.3 is 22.9 Å². The van der Waals surface area contributed by atoms with Crippen LogP contribution in [-0.4, -0.2) is 11.8 Å². The molecule has 6 heteroatoms. The third-order valence-electron chi connectivity index (χ3n) is 0.821. The van der Waals surface area contributed by atoms with E-state index < -0.39 is 23.2 Å². The first kappa shape index (κ1) is 8.28. The topological polar surface area (TPSA) is 138 Å². The highest BCUT2D eigenvalue weighted by Crippen LogP contribution is 1.86. The number of hydrogen-bond acceptors (Lipinski definition) is 4. The van der Waals surface area contributed by atoms with Gasteiger partial charge in [0.2, 0.25) is 0 Å². The summed E-state index contributed by atoms with van der Waals surface area (Å²) in [5.74, 6) is -1.92. The van der Waals surface area contributed by atoms with Gasteiger partial charge in [-0.05, 0) is 0 Å². The molecule has 0 radical (unpaired) electrons. The Morgan fingerprint density at radius 1 is 0.700 bits per heavy atom. The van der Waals surface area contributed by atoms with E-state index in [0.29, 0.717) is 0 Å². The van der Waals surface area contributed by atoms with Crippen molar-refractivity contribution in [2.24, 2.45) is 22.9 Å². The van der Waals surface area contributed by atoms with E-state index in [4.69, 9.17) is 11.5 Å². The molecule has 0 aliphatic heterocycles. The predicted octanol–water partition coefficient (Wildman–Crippen LogP) is -2.91. The van der Waals surface area contributed by atoms with Crippen LogP contribution >= 0.6 is 0 Å². The molecule has 10 heavy (non-hydrogen) atoms. The van der Waals surface area contributed by atoms with Crippen molar-refractivity contribution >= 4 is 11.8 Å². The van der Waals surface area contributed by atoms with Crippen LogP contribution in [0.25, 0.3) is 0 Å². The van der Waals surface area contributed by atoms with Crippen molar-refractivity contribution in [1.82, 2.24) is 0 Å². The molecular formula is C4H8N4O2. The molecule has 0 bridgehead atoms. The zero-order valence-corrected chi connectivity index (χ0v) is 5.13. The van der Waals surface area contributed by atoms with Crippen molar-refractivity contribution in [2.45, 2.75) is 0 Å². The van der Waals surface area contributed by atoms with Gasteiger partial charge in [0.15, 0.2) is 0 Å². The Hall–Kier alpha value is -1.72. The van der Waals surface area contributed by atoms with E-state index in [1.54, 1.807) is 0 Å². The zero-order chi connectivity index (χ0) is 8.31. The fourth-order valence-corrected chi connectivity index (χ4v) is 0.265. The molecule has 0 saturated heterocycles. The van der Waals surface area contributed by atoms with Crippen LogP contribution in [0.15, 0.2) is 11.4 Å². The van der Waals surface area contributed by atoms with E-state index in [-0.39, 0.29) is 0 Å². The van der Waals surface area contributed by atoms with Crippen LogP contribution in [0.3, 0.4) is 0 Å². The summed E-state index contributed by atoms with van der Waals surface area (Å²) in [6, 6.07) is 0. The Bertz CT molecular complexity index is 185. The molecule has 2 amide bonds. The maximum Gasteiger partial charge on any atom is 0.266 e. The molecule has 8 N–H and O–H groups in total. The standard InChI is InChI=1S/C4H8N4O2/c5-1(3(7)9)2(6)4(8)10/h5-6H2,(H2,7,9)(H2,8,10)/b2-1+.